The number of amides is 2. The molecule has 0 aliphatic heterocycles. The normalized spacial score (nSPS) is 11.6. The van der Waals surface area contributed by atoms with Gasteiger partial charge in [0.25, 0.3) is 0 Å². The topological polar surface area (TPSA) is 106 Å². The van der Waals surface area contributed by atoms with Crippen LogP contribution in [0.4, 0.5) is 10.5 Å². The van der Waals surface area contributed by atoms with Gasteiger partial charge in [0, 0.05) is 10.6 Å². The second kappa shape index (κ2) is 9.63. The molecule has 0 unspecified atom stereocenters. The van der Waals surface area contributed by atoms with Crippen molar-refractivity contribution in [3.05, 3.63) is 87.4 Å². The molecule has 8 nitrogen and oxygen atoms in total. The van der Waals surface area contributed by atoms with Crippen molar-refractivity contribution in [3.8, 4) is 11.5 Å². The lowest BCUT2D eigenvalue weighted by Gasteiger charge is -2.16. The average Bonchev–Trinajstić information content (AvgIpc) is 3.48. The minimum Gasteiger partial charge on any atom is -0.465 e. The van der Waals surface area contributed by atoms with Gasteiger partial charge < -0.3 is 19.8 Å². The van der Waals surface area contributed by atoms with Gasteiger partial charge in [-0.3, -0.25) is 0 Å². The number of hydrogen-bond acceptors (Lipinski definition) is 7. The van der Waals surface area contributed by atoms with Gasteiger partial charge in [-0.15, -0.1) is 21.5 Å². The minimum atomic E-state index is -0.752. The molecule has 162 valence electrons. The van der Waals surface area contributed by atoms with Gasteiger partial charge in [0.1, 0.15) is 10.9 Å². The van der Waals surface area contributed by atoms with E-state index in [2.05, 4.69) is 20.8 Å². The summed E-state index contributed by atoms with van der Waals surface area (Å²) in [7, 11) is 1.28. The van der Waals surface area contributed by atoms with E-state index >= 15 is 0 Å². The smallest absolute Gasteiger partial charge is 0.350 e. The first kappa shape index (κ1) is 21.5. The van der Waals surface area contributed by atoms with Crippen molar-refractivity contribution in [1.82, 2.24) is 15.5 Å². The van der Waals surface area contributed by atoms with Gasteiger partial charge in [0.15, 0.2) is 0 Å². The number of esters is 1. The zero-order valence-corrected chi connectivity index (χ0v) is 18.3. The number of aromatic nitrogens is 2. The molecular formula is C22H17ClN4O4S. The Morgan fingerprint density at radius 2 is 1.81 bits per heavy atom. The number of methoxy groups -OCH3 is 1. The van der Waals surface area contributed by atoms with E-state index in [-0.39, 0.29) is 10.8 Å². The molecule has 10 heteroatoms. The lowest BCUT2D eigenvalue weighted by Crippen LogP contribution is -2.33. The number of halogens is 1. The Kier molecular flexibility index (Phi) is 6.48. The zero-order valence-electron chi connectivity index (χ0n) is 16.7. The Labute approximate surface area is 192 Å². The summed E-state index contributed by atoms with van der Waals surface area (Å²) in [5.41, 5.74) is 1.78. The molecule has 1 atom stereocenters. The van der Waals surface area contributed by atoms with Gasteiger partial charge in [0.2, 0.25) is 11.8 Å². The van der Waals surface area contributed by atoms with Crippen LogP contribution in [0.5, 0.6) is 0 Å². The molecule has 0 aliphatic carbocycles. The van der Waals surface area contributed by atoms with E-state index in [1.807, 2.05) is 30.3 Å². The molecule has 0 saturated heterocycles. The number of thiophene rings is 1. The Hall–Kier alpha value is -3.69. The van der Waals surface area contributed by atoms with Gasteiger partial charge >= 0.3 is 12.0 Å². The highest BCUT2D eigenvalue weighted by atomic mass is 35.5. The molecule has 2 heterocycles. The zero-order chi connectivity index (χ0) is 22.5. The molecule has 2 amide bonds. The molecule has 0 saturated carbocycles. The molecule has 0 fully saturated rings. The standard InChI is InChI=1S/C22H17ClN4O4S/c1-30-21(28)18-16(11-12-32-18)24-22(29)25-17(13-7-9-15(23)10-8-13)20-27-26-19(31-20)14-5-3-2-4-6-14/h2-12,17H,1H3,(H2,24,25,29)/t17-/m1/s1. The third-order valence-electron chi connectivity index (χ3n) is 4.47. The second-order valence-corrected chi connectivity index (χ2v) is 7.90. The third kappa shape index (κ3) is 4.79. The number of carbonyl (C=O) groups excluding carboxylic acids is 2. The van der Waals surface area contributed by atoms with Crippen LogP contribution in [0.2, 0.25) is 5.02 Å². The molecule has 32 heavy (non-hydrogen) atoms. The van der Waals surface area contributed by atoms with E-state index in [0.29, 0.717) is 22.2 Å². The fraction of sp³-hybridized carbons (Fsp3) is 0.0909. The van der Waals surface area contributed by atoms with E-state index in [0.717, 1.165) is 5.56 Å². The molecule has 0 radical (unpaired) electrons. The number of nitrogens with zero attached hydrogens (tertiary/aromatic N) is 2. The number of benzene rings is 2. The number of ether oxygens (including phenoxy) is 1. The summed E-state index contributed by atoms with van der Waals surface area (Å²) in [6.07, 6.45) is 0. The van der Waals surface area contributed by atoms with E-state index in [4.69, 9.17) is 20.8 Å². The van der Waals surface area contributed by atoms with Crippen LogP contribution in [-0.2, 0) is 4.74 Å². The van der Waals surface area contributed by atoms with Crippen molar-refractivity contribution in [2.24, 2.45) is 0 Å². The second-order valence-electron chi connectivity index (χ2n) is 6.55. The predicted octanol–water partition coefficient (Wildman–Crippen LogP) is 5.15. The largest absolute Gasteiger partial charge is 0.465 e. The van der Waals surface area contributed by atoms with Gasteiger partial charge in [-0.25, -0.2) is 9.59 Å². The third-order valence-corrected chi connectivity index (χ3v) is 5.62. The highest BCUT2D eigenvalue weighted by Gasteiger charge is 2.25. The Morgan fingerprint density at radius 3 is 2.53 bits per heavy atom. The van der Waals surface area contributed by atoms with Crippen LogP contribution in [0.1, 0.15) is 27.2 Å². The summed E-state index contributed by atoms with van der Waals surface area (Å²) in [4.78, 5) is 25.0. The van der Waals surface area contributed by atoms with E-state index in [1.165, 1.54) is 18.4 Å². The SMILES string of the molecule is COC(=O)c1sccc1NC(=O)N[C@H](c1ccc(Cl)cc1)c1nnc(-c2ccccc2)o1. The lowest BCUT2D eigenvalue weighted by molar-refractivity contribution is 0.0607. The summed E-state index contributed by atoms with van der Waals surface area (Å²) in [6, 6.07) is 16.5. The number of carbonyl (C=O) groups is 2. The monoisotopic (exact) mass is 468 g/mol. The van der Waals surface area contributed by atoms with Crippen molar-refractivity contribution < 1.29 is 18.7 Å². The number of anilines is 1. The van der Waals surface area contributed by atoms with Gasteiger partial charge in [0.05, 0.1) is 12.8 Å². The lowest BCUT2D eigenvalue weighted by atomic mass is 10.1. The van der Waals surface area contributed by atoms with Gasteiger partial charge in [-0.05, 0) is 41.3 Å². The molecule has 2 aromatic heterocycles. The minimum absolute atomic E-state index is 0.194. The fourth-order valence-electron chi connectivity index (χ4n) is 2.94. The Morgan fingerprint density at radius 1 is 1.06 bits per heavy atom. The van der Waals surface area contributed by atoms with E-state index < -0.39 is 18.0 Å². The number of hydrogen-bond donors (Lipinski definition) is 2. The van der Waals surface area contributed by atoms with Crippen LogP contribution >= 0.6 is 22.9 Å². The van der Waals surface area contributed by atoms with Crippen molar-refractivity contribution in [2.45, 2.75) is 6.04 Å². The van der Waals surface area contributed by atoms with E-state index in [1.54, 1.807) is 35.7 Å². The van der Waals surface area contributed by atoms with Crippen LogP contribution in [0.25, 0.3) is 11.5 Å². The summed E-state index contributed by atoms with van der Waals surface area (Å²) in [5.74, 6) is -0.0126. The molecule has 4 rings (SSSR count). The molecule has 0 bridgehead atoms. The average molecular weight is 469 g/mol. The van der Waals surface area contributed by atoms with Crippen molar-refractivity contribution in [3.63, 3.8) is 0 Å². The highest BCUT2D eigenvalue weighted by molar-refractivity contribution is 7.12. The summed E-state index contributed by atoms with van der Waals surface area (Å²) in [5, 5.41) is 16.0. The Balaban J connectivity index is 1.60. The molecule has 0 aliphatic rings. The van der Waals surface area contributed by atoms with Crippen LogP contribution < -0.4 is 10.6 Å². The van der Waals surface area contributed by atoms with Gasteiger partial charge in [-0.2, -0.15) is 0 Å². The molecule has 2 N–H and O–H groups in total. The van der Waals surface area contributed by atoms with E-state index in [9.17, 15) is 9.59 Å². The first-order valence-electron chi connectivity index (χ1n) is 9.42. The summed E-state index contributed by atoms with van der Waals surface area (Å²) < 4.78 is 10.6. The first-order chi connectivity index (χ1) is 15.5. The van der Waals surface area contributed by atoms with Crippen LogP contribution in [0.3, 0.4) is 0 Å². The highest BCUT2D eigenvalue weighted by Crippen LogP contribution is 2.27. The summed E-state index contributed by atoms with van der Waals surface area (Å²) >= 11 is 7.18. The maximum atomic E-state index is 12.8. The van der Waals surface area contributed by atoms with Crippen molar-refractivity contribution in [1.29, 1.82) is 0 Å². The fourth-order valence-corrected chi connectivity index (χ4v) is 3.83. The number of urea groups is 1. The Bertz CT molecular complexity index is 1220. The van der Waals surface area contributed by atoms with Gasteiger partial charge in [-0.1, -0.05) is 41.9 Å². The summed E-state index contributed by atoms with van der Waals surface area (Å²) in [6.45, 7) is 0. The van der Waals surface area contributed by atoms with Crippen molar-refractivity contribution in [2.75, 3.05) is 12.4 Å². The van der Waals surface area contributed by atoms with Crippen LogP contribution in [0, 0.1) is 0 Å². The van der Waals surface area contributed by atoms with Crippen LogP contribution in [0.15, 0.2) is 70.5 Å². The quantitative estimate of drug-likeness (QED) is 0.379. The maximum absolute atomic E-state index is 12.8. The number of rotatable bonds is 6. The molecular weight excluding hydrogens is 452 g/mol. The van der Waals surface area contributed by atoms with Crippen LogP contribution in [-0.4, -0.2) is 29.3 Å². The molecule has 0 spiro atoms. The maximum Gasteiger partial charge on any atom is 0.350 e. The predicted molar refractivity (Wildman–Crippen MR) is 121 cm³/mol. The van der Waals surface area contributed by atoms with Crippen molar-refractivity contribution >= 4 is 40.6 Å². The number of nitrogens with one attached hydrogen (secondary N) is 2. The molecule has 4 aromatic rings. The first-order valence-corrected chi connectivity index (χ1v) is 10.7. The molecule has 2 aromatic carbocycles.